The van der Waals surface area contributed by atoms with E-state index in [4.69, 9.17) is 0 Å². The Balaban J connectivity index is 2.36. The summed E-state index contributed by atoms with van der Waals surface area (Å²) in [7, 11) is 3.17. The van der Waals surface area contributed by atoms with E-state index >= 15 is 0 Å². The summed E-state index contributed by atoms with van der Waals surface area (Å²) in [4.78, 5) is 11.8. The lowest BCUT2D eigenvalue weighted by molar-refractivity contribution is 0.0606. The zero-order valence-corrected chi connectivity index (χ0v) is 9.11. The molecule has 0 bridgehead atoms. The number of carbonyl (C=O) groups excluding carboxylic acids is 1. The molecule has 0 aliphatic carbocycles. The summed E-state index contributed by atoms with van der Waals surface area (Å²) in [6, 6.07) is 1.77. The van der Waals surface area contributed by atoms with Crippen LogP contribution in [-0.4, -0.2) is 28.1 Å². The lowest BCUT2D eigenvalue weighted by Crippen LogP contribution is -1.97. The molecule has 0 aliphatic heterocycles. The second-order valence-corrected chi connectivity index (χ2v) is 3.85. The van der Waals surface area contributed by atoms with Crippen molar-refractivity contribution in [1.29, 1.82) is 0 Å². The molecule has 5 nitrogen and oxygen atoms in total. The number of aryl methyl sites for hydroxylation is 1. The number of carbonyl (C=O) groups is 1. The van der Waals surface area contributed by atoms with Crippen LogP contribution in [0.2, 0.25) is 0 Å². The van der Waals surface area contributed by atoms with Gasteiger partial charge in [-0.1, -0.05) is 5.21 Å². The summed E-state index contributed by atoms with van der Waals surface area (Å²) in [6.45, 7) is 0. The number of nitrogens with zero attached hydrogens (tertiary/aromatic N) is 3. The molecule has 2 aromatic heterocycles. The van der Waals surface area contributed by atoms with Gasteiger partial charge in [0, 0.05) is 18.0 Å². The van der Waals surface area contributed by atoms with Crippen molar-refractivity contribution in [1.82, 2.24) is 15.0 Å². The maximum atomic E-state index is 11.2. The highest BCUT2D eigenvalue weighted by atomic mass is 32.1. The monoisotopic (exact) mass is 223 g/mol. The Labute approximate surface area is 90.3 Å². The van der Waals surface area contributed by atoms with Crippen LogP contribution >= 0.6 is 11.3 Å². The predicted molar refractivity (Wildman–Crippen MR) is 55.7 cm³/mol. The summed E-state index contributed by atoms with van der Waals surface area (Å²) >= 11 is 1.35. The Bertz CT molecular complexity index is 489. The van der Waals surface area contributed by atoms with Gasteiger partial charge in [-0.25, -0.2) is 9.48 Å². The van der Waals surface area contributed by atoms with Gasteiger partial charge in [-0.2, -0.15) is 0 Å². The molecule has 0 unspecified atom stereocenters. The van der Waals surface area contributed by atoms with Crippen LogP contribution in [0.15, 0.2) is 17.6 Å². The summed E-state index contributed by atoms with van der Waals surface area (Å²) in [5.74, 6) is -0.318. The average molecular weight is 223 g/mol. The first kappa shape index (κ1) is 9.85. The van der Waals surface area contributed by atoms with Crippen molar-refractivity contribution in [2.24, 2.45) is 7.05 Å². The molecule has 0 amide bonds. The van der Waals surface area contributed by atoms with Crippen LogP contribution in [-0.2, 0) is 11.8 Å². The van der Waals surface area contributed by atoms with Gasteiger partial charge in [0.1, 0.15) is 4.88 Å². The number of methoxy groups -OCH3 is 1. The Morgan fingerprint density at radius 2 is 2.40 bits per heavy atom. The molecule has 78 valence electrons. The van der Waals surface area contributed by atoms with E-state index in [1.807, 2.05) is 5.38 Å². The van der Waals surface area contributed by atoms with Crippen LogP contribution in [0.3, 0.4) is 0 Å². The van der Waals surface area contributed by atoms with Gasteiger partial charge in [-0.3, -0.25) is 0 Å². The van der Waals surface area contributed by atoms with Gasteiger partial charge in [0.25, 0.3) is 0 Å². The fraction of sp³-hybridized carbons (Fsp3) is 0.222. The third-order valence-corrected chi connectivity index (χ3v) is 2.91. The first-order valence-corrected chi connectivity index (χ1v) is 5.12. The molecule has 0 radical (unpaired) electrons. The minimum atomic E-state index is -0.318. The van der Waals surface area contributed by atoms with Gasteiger partial charge in [-0.15, -0.1) is 16.4 Å². The van der Waals surface area contributed by atoms with Crippen molar-refractivity contribution in [2.75, 3.05) is 7.11 Å². The van der Waals surface area contributed by atoms with Crippen LogP contribution < -0.4 is 0 Å². The van der Waals surface area contributed by atoms with E-state index in [1.54, 1.807) is 24.0 Å². The maximum absolute atomic E-state index is 11.2. The SMILES string of the molecule is COC(=O)c1cc(-c2cnnn2C)cs1. The maximum Gasteiger partial charge on any atom is 0.348 e. The fourth-order valence-corrected chi connectivity index (χ4v) is 2.05. The number of ether oxygens (including phenoxy) is 1. The minimum absolute atomic E-state index is 0.318. The molecule has 0 spiro atoms. The van der Waals surface area contributed by atoms with Gasteiger partial charge in [0.05, 0.1) is 19.0 Å². The van der Waals surface area contributed by atoms with Gasteiger partial charge in [-0.05, 0) is 6.07 Å². The van der Waals surface area contributed by atoms with E-state index in [2.05, 4.69) is 15.0 Å². The van der Waals surface area contributed by atoms with Crippen molar-refractivity contribution in [3.63, 3.8) is 0 Å². The zero-order valence-electron chi connectivity index (χ0n) is 8.30. The van der Waals surface area contributed by atoms with Crippen molar-refractivity contribution < 1.29 is 9.53 Å². The number of thiophene rings is 1. The first-order valence-electron chi connectivity index (χ1n) is 4.24. The topological polar surface area (TPSA) is 57.0 Å². The number of hydrogen-bond donors (Lipinski definition) is 0. The fourth-order valence-electron chi connectivity index (χ4n) is 1.23. The van der Waals surface area contributed by atoms with Crippen molar-refractivity contribution in [2.45, 2.75) is 0 Å². The zero-order chi connectivity index (χ0) is 10.8. The van der Waals surface area contributed by atoms with Crippen molar-refractivity contribution >= 4 is 17.3 Å². The van der Waals surface area contributed by atoms with E-state index in [0.717, 1.165) is 11.3 Å². The van der Waals surface area contributed by atoms with E-state index in [1.165, 1.54) is 18.4 Å². The van der Waals surface area contributed by atoms with Gasteiger partial charge in [0.15, 0.2) is 0 Å². The third kappa shape index (κ3) is 1.75. The number of esters is 1. The molecular weight excluding hydrogens is 214 g/mol. The van der Waals surface area contributed by atoms with Crippen LogP contribution in [0.25, 0.3) is 11.3 Å². The summed E-state index contributed by atoms with van der Waals surface area (Å²) in [5, 5.41) is 9.48. The molecule has 0 saturated heterocycles. The Hall–Kier alpha value is -1.69. The van der Waals surface area contributed by atoms with E-state index in [-0.39, 0.29) is 5.97 Å². The first-order chi connectivity index (χ1) is 7.22. The standard InChI is InChI=1S/C9H9N3O2S/c1-12-7(4-10-11-12)6-3-8(15-5-6)9(13)14-2/h3-5H,1-2H3. The molecule has 2 heterocycles. The lowest BCUT2D eigenvalue weighted by atomic mass is 10.2. The van der Waals surface area contributed by atoms with Crippen molar-refractivity contribution in [3.05, 3.63) is 22.5 Å². The molecule has 2 rings (SSSR count). The smallest absolute Gasteiger partial charge is 0.348 e. The molecule has 6 heteroatoms. The Kier molecular flexibility index (Phi) is 2.51. The molecule has 0 saturated carbocycles. The highest BCUT2D eigenvalue weighted by Crippen LogP contribution is 2.24. The van der Waals surface area contributed by atoms with E-state index in [9.17, 15) is 4.79 Å². The number of hydrogen-bond acceptors (Lipinski definition) is 5. The Morgan fingerprint density at radius 1 is 1.60 bits per heavy atom. The highest BCUT2D eigenvalue weighted by molar-refractivity contribution is 7.12. The predicted octanol–water partition coefficient (Wildman–Crippen LogP) is 1.33. The van der Waals surface area contributed by atoms with E-state index in [0.29, 0.717) is 4.88 Å². The largest absolute Gasteiger partial charge is 0.465 e. The summed E-state index contributed by atoms with van der Waals surface area (Å²) in [6.07, 6.45) is 1.66. The van der Waals surface area contributed by atoms with Gasteiger partial charge >= 0.3 is 5.97 Å². The molecule has 2 aromatic rings. The van der Waals surface area contributed by atoms with Crippen LogP contribution in [0.1, 0.15) is 9.67 Å². The second-order valence-electron chi connectivity index (χ2n) is 2.93. The normalized spacial score (nSPS) is 10.3. The number of aromatic nitrogens is 3. The molecule has 15 heavy (non-hydrogen) atoms. The molecular formula is C9H9N3O2S. The van der Waals surface area contributed by atoms with Gasteiger partial charge < -0.3 is 4.74 Å². The molecule has 0 fully saturated rings. The minimum Gasteiger partial charge on any atom is -0.465 e. The van der Waals surface area contributed by atoms with Crippen LogP contribution in [0.4, 0.5) is 0 Å². The lowest BCUT2D eigenvalue weighted by Gasteiger charge is -1.95. The Morgan fingerprint density at radius 3 is 3.00 bits per heavy atom. The van der Waals surface area contributed by atoms with Crippen molar-refractivity contribution in [3.8, 4) is 11.3 Å². The second kappa shape index (κ2) is 3.82. The number of rotatable bonds is 2. The average Bonchev–Trinajstić information content (AvgIpc) is 2.84. The quantitative estimate of drug-likeness (QED) is 0.721. The van der Waals surface area contributed by atoms with Crippen LogP contribution in [0, 0.1) is 0 Å². The third-order valence-electron chi connectivity index (χ3n) is 2.00. The highest BCUT2D eigenvalue weighted by Gasteiger charge is 2.11. The van der Waals surface area contributed by atoms with E-state index < -0.39 is 0 Å². The molecule has 0 aliphatic rings. The van der Waals surface area contributed by atoms with Gasteiger partial charge in [0.2, 0.25) is 0 Å². The van der Waals surface area contributed by atoms with Crippen LogP contribution in [0.5, 0.6) is 0 Å². The summed E-state index contributed by atoms with van der Waals surface area (Å²) in [5.41, 5.74) is 1.80. The molecule has 0 atom stereocenters. The molecule has 0 N–H and O–H groups in total. The molecule has 0 aromatic carbocycles. The summed E-state index contributed by atoms with van der Waals surface area (Å²) < 4.78 is 6.29.